The third kappa shape index (κ3) is 40.6. The first-order valence-corrected chi connectivity index (χ1v) is 22.6. The van der Waals surface area contributed by atoms with Gasteiger partial charge in [-0.05, 0) is 57.8 Å². The third-order valence-corrected chi connectivity index (χ3v) is 9.59. The molecule has 0 fully saturated rings. The summed E-state index contributed by atoms with van der Waals surface area (Å²) in [6.45, 7) is 6.52. The maximum atomic E-state index is 12.7. The van der Waals surface area contributed by atoms with Crippen LogP contribution in [0.4, 0.5) is 0 Å². The quantitative estimate of drug-likeness (QED) is 0.0268. The summed E-state index contributed by atoms with van der Waals surface area (Å²) in [6, 6.07) is 0. The number of carbonyl (C=O) groups excluding carboxylic acids is 3. The lowest BCUT2D eigenvalue weighted by Gasteiger charge is -2.18. The second-order valence-electron chi connectivity index (χ2n) is 15.0. The van der Waals surface area contributed by atoms with Crippen molar-refractivity contribution in [1.82, 2.24) is 0 Å². The number of unbranched alkanes of at least 4 members (excludes halogenated alkanes) is 21. The van der Waals surface area contributed by atoms with Crippen molar-refractivity contribution in [1.29, 1.82) is 0 Å². The normalized spacial score (nSPS) is 12.4. The van der Waals surface area contributed by atoms with Crippen molar-refractivity contribution in [3.05, 3.63) is 48.6 Å². The Morgan fingerprint density at radius 3 is 1.11 bits per heavy atom. The van der Waals surface area contributed by atoms with Gasteiger partial charge in [0.15, 0.2) is 6.10 Å². The summed E-state index contributed by atoms with van der Waals surface area (Å²) in [5.74, 6) is -0.951. The Morgan fingerprint density at radius 2 is 0.685 bits per heavy atom. The van der Waals surface area contributed by atoms with E-state index >= 15 is 0 Å². The van der Waals surface area contributed by atoms with Crippen LogP contribution in [0, 0.1) is 0 Å². The highest BCUT2D eigenvalue weighted by Crippen LogP contribution is 2.14. The van der Waals surface area contributed by atoms with Crippen molar-refractivity contribution in [3.63, 3.8) is 0 Å². The molecule has 312 valence electrons. The number of carbonyl (C=O) groups is 3. The molecule has 0 aromatic heterocycles. The summed E-state index contributed by atoms with van der Waals surface area (Å²) < 4.78 is 16.6. The molecule has 54 heavy (non-hydrogen) atoms. The van der Waals surface area contributed by atoms with Crippen LogP contribution in [0.15, 0.2) is 48.6 Å². The molecule has 6 nitrogen and oxygen atoms in total. The van der Waals surface area contributed by atoms with Gasteiger partial charge in [0, 0.05) is 19.3 Å². The zero-order valence-corrected chi connectivity index (χ0v) is 35.5. The summed E-state index contributed by atoms with van der Waals surface area (Å²) in [5, 5.41) is 0. The van der Waals surface area contributed by atoms with E-state index in [0.717, 1.165) is 64.2 Å². The van der Waals surface area contributed by atoms with E-state index in [4.69, 9.17) is 14.2 Å². The van der Waals surface area contributed by atoms with Gasteiger partial charge in [-0.15, -0.1) is 0 Å². The van der Waals surface area contributed by atoms with Crippen LogP contribution in [-0.2, 0) is 28.6 Å². The van der Waals surface area contributed by atoms with Crippen LogP contribution in [-0.4, -0.2) is 37.2 Å². The van der Waals surface area contributed by atoms with Gasteiger partial charge < -0.3 is 14.2 Å². The maximum absolute atomic E-state index is 12.7. The number of esters is 3. The molecule has 0 aromatic rings. The number of ether oxygens (including phenoxy) is 3. The molecule has 6 heteroatoms. The van der Waals surface area contributed by atoms with E-state index in [1.807, 2.05) is 0 Å². The molecule has 1 unspecified atom stereocenters. The van der Waals surface area contributed by atoms with E-state index in [-0.39, 0.29) is 37.5 Å². The average Bonchev–Trinajstić information content (AvgIpc) is 3.17. The Morgan fingerprint density at radius 1 is 0.370 bits per heavy atom. The van der Waals surface area contributed by atoms with Gasteiger partial charge in [-0.2, -0.15) is 0 Å². The van der Waals surface area contributed by atoms with Gasteiger partial charge in [0.25, 0.3) is 0 Å². The Bertz CT molecular complexity index is 964. The molecule has 1 atom stereocenters. The van der Waals surface area contributed by atoms with Gasteiger partial charge in [0.2, 0.25) is 0 Å². The van der Waals surface area contributed by atoms with Crippen molar-refractivity contribution < 1.29 is 28.6 Å². The molecule has 0 aliphatic heterocycles. The molecule has 0 aromatic carbocycles. The molecule has 0 radical (unpaired) electrons. The molecular formula is C48H84O6. The van der Waals surface area contributed by atoms with Crippen LogP contribution in [0.3, 0.4) is 0 Å². The van der Waals surface area contributed by atoms with Gasteiger partial charge in [0.05, 0.1) is 0 Å². The molecular weight excluding hydrogens is 673 g/mol. The van der Waals surface area contributed by atoms with Gasteiger partial charge in [0.1, 0.15) is 13.2 Å². The topological polar surface area (TPSA) is 78.9 Å². The van der Waals surface area contributed by atoms with Gasteiger partial charge in [-0.25, -0.2) is 0 Å². The Hall–Kier alpha value is -2.63. The molecule has 0 aliphatic carbocycles. The van der Waals surface area contributed by atoms with Crippen LogP contribution in [0.5, 0.6) is 0 Å². The zero-order chi connectivity index (χ0) is 39.4. The standard InChI is InChI=1S/C48H84O6/c1-4-7-10-13-16-19-21-22-23-24-25-26-27-30-32-35-38-41-47(50)53-44-45(43-52-46(49)40-37-34-31-28-18-15-12-9-6-3)54-48(51)42-39-36-33-29-20-17-14-11-8-5-2/h16,19,22-23,25-26,30,32,45H,4-15,17-18,20-21,24,27-29,31,33-44H2,1-3H3/b19-16-,23-22-,26-25-,32-30-. The van der Waals surface area contributed by atoms with Crippen molar-refractivity contribution in [2.45, 2.75) is 226 Å². The van der Waals surface area contributed by atoms with Crippen molar-refractivity contribution in [3.8, 4) is 0 Å². The van der Waals surface area contributed by atoms with Crippen molar-refractivity contribution >= 4 is 17.9 Å². The fourth-order valence-electron chi connectivity index (χ4n) is 6.14. The molecule has 0 heterocycles. The molecule has 0 saturated carbocycles. The maximum Gasteiger partial charge on any atom is 0.306 e. The summed E-state index contributed by atoms with van der Waals surface area (Å²) in [4.78, 5) is 37.6. The Balaban J connectivity index is 4.41. The molecule has 0 amide bonds. The first-order chi connectivity index (χ1) is 26.5. The molecule has 0 saturated heterocycles. The molecule has 0 aliphatic rings. The van der Waals surface area contributed by atoms with E-state index in [1.165, 1.54) is 109 Å². The van der Waals surface area contributed by atoms with Crippen LogP contribution >= 0.6 is 0 Å². The largest absolute Gasteiger partial charge is 0.462 e. The van der Waals surface area contributed by atoms with Crippen molar-refractivity contribution in [2.75, 3.05) is 13.2 Å². The van der Waals surface area contributed by atoms with E-state index in [2.05, 4.69) is 69.4 Å². The number of hydrogen-bond donors (Lipinski definition) is 0. The predicted molar refractivity (Wildman–Crippen MR) is 229 cm³/mol. The van der Waals surface area contributed by atoms with Crippen LogP contribution in [0.25, 0.3) is 0 Å². The highest BCUT2D eigenvalue weighted by molar-refractivity contribution is 5.71. The van der Waals surface area contributed by atoms with Crippen molar-refractivity contribution in [2.24, 2.45) is 0 Å². The smallest absolute Gasteiger partial charge is 0.306 e. The zero-order valence-electron chi connectivity index (χ0n) is 35.5. The lowest BCUT2D eigenvalue weighted by molar-refractivity contribution is -0.167. The van der Waals surface area contributed by atoms with E-state index in [0.29, 0.717) is 19.3 Å². The van der Waals surface area contributed by atoms with E-state index < -0.39 is 6.10 Å². The monoisotopic (exact) mass is 757 g/mol. The lowest BCUT2D eigenvalue weighted by atomic mass is 10.1. The second kappa shape index (κ2) is 43.1. The molecule has 0 rings (SSSR count). The summed E-state index contributed by atoms with van der Waals surface area (Å²) in [6.07, 6.45) is 49.6. The Kier molecular flexibility index (Phi) is 41.0. The van der Waals surface area contributed by atoms with Gasteiger partial charge in [-0.3, -0.25) is 14.4 Å². The minimum Gasteiger partial charge on any atom is -0.462 e. The van der Waals surface area contributed by atoms with Gasteiger partial charge in [-0.1, -0.05) is 191 Å². The second-order valence-corrected chi connectivity index (χ2v) is 15.0. The lowest BCUT2D eigenvalue weighted by Crippen LogP contribution is -2.30. The Labute approximate surface area is 333 Å². The summed E-state index contributed by atoms with van der Waals surface area (Å²) in [5.41, 5.74) is 0. The minimum atomic E-state index is -0.787. The van der Waals surface area contributed by atoms with Crippen LogP contribution in [0.1, 0.15) is 220 Å². The molecule has 0 spiro atoms. The predicted octanol–water partition coefficient (Wildman–Crippen LogP) is 14.4. The first-order valence-electron chi connectivity index (χ1n) is 22.6. The summed E-state index contributed by atoms with van der Waals surface area (Å²) in [7, 11) is 0. The number of rotatable bonds is 40. The van der Waals surface area contributed by atoms with Crippen LogP contribution < -0.4 is 0 Å². The fraction of sp³-hybridized carbons (Fsp3) is 0.771. The number of hydrogen-bond acceptors (Lipinski definition) is 6. The summed E-state index contributed by atoms with van der Waals surface area (Å²) >= 11 is 0. The highest BCUT2D eigenvalue weighted by Gasteiger charge is 2.19. The van der Waals surface area contributed by atoms with E-state index in [1.54, 1.807) is 0 Å². The third-order valence-electron chi connectivity index (χ3n) is 9.59. The molecule has 0 N–H and O–H groups in total. The van der Waals surface area contributed by atoms with Gasteiger partial charge >= 0.3 is 17.9 Å². The number of allylic oxidation sites excluding steroid dienone is 8. The SMILES string of the molecule is CCCCC/C=C\C/C=C\C/C=C\C/C=C\CCCC(=O)OCC(COC(=O)CCCCCCCCCCC)OC(=O)CCCCCCCCCCCC. The highest BCUT2D eigenvalue weighted by atomic mass is 16.6. The van der Waals surface area contributed by atoms with Crippen LogP contribution in [0.2, 0.25) is 0 Å². The van der Waals surface area contributed by atoms with E-state index in [9.17, 15) is 14.4 Å². The molecule has 0 bridgehead atoms. The minimum absolute atomic E-state index is 0.0878. The average molecular weight is 757 g/mol. The fourth-order valence-corrected chi connectivity index (χ4v) is 6.14. The first kappa shape index (κ1) is 51.4.